The van der Waals surface area contributed by atoms with E-state index in [0.717, 1.165) is 33.0 Å². The number of anilines is 3. The lowest BCUT2D eigenvalue weighted by molar-refractivity contribution is 0.775. The molecule has 13 rings (SSSR count). The van der Waals surface area contributed by atoms with E-state index < -0.39 is 29.0 Å². The highest BCUT2D eigenvalue weighted by atomic mass is 15.1. The quantitative estimate of drug-likeness (QED) is 0.155. The predicted molar refractivity (Wildman–Crippen MR) is 271 cm³/mol. The van der Waals surface area contributed by atoms with Gasteiger partial charge in [0.25, 0.3) is 0 Å². The summed E-state index contributed by atoms with van der Waals surface area (Å²) in [4.78, 5) is 1.83. The van der Waals surface area contributed by atoms with Crippen molar-refractivity contribution in [1.82, 2.24) is 0 Å². The highest BCUT2D eigenvalue weighted by Gasteiger charge is 2.48. The average molecular weight is 831 g/mol. The number of rotatable bonds is 7. The second kappa shape index (κ2) is 14.7. The molecule has 0 fully saturated rings. The lowest BCUT2D eigenvalue weighted by Gasteiger charge is -2.36. The fourth-order valence-electron chi connectivity index (χ4n) is 11.6. The van der Waals surface area contributed by atoms with Crippen molar-refractivity contribution < 1.29 is 6.85 Å². The van der Waals surface area contributed by atoms with Gasteiger partial charge in [-0.25, -0.2) is 0 Å². The summed E-state index contributed by atoms with van der Waals surface area (Å²) in [6, 6.07) is 80.0. The standard InChI is InChI=1S/C64H43N/c1-4-20-46(21-5-1)63(59-30-16-14-28-55(59)57-42-32-44-18-10-12-26-53(44)61(57)63)48-34-38-51(39-35-48)65(50-24-8-3-9-25-50)52-40-36-49(37-41-52)64(47-22-6-2-7-23-47)60-31-17-15-29-56(60)58-43-33-45-19-11-13-27-54(45)62(58)64/h1-43H/i3D,8D,9D,24D,25D. The molecule has 2 aliphatic carbocycles. The zero-order valence-electron chi connectivity index (χ0n) is 40.4. The number of benzene rings is 11. The zero-order chi connectivity index (χ0) is 47.3. The van der Waals surface area contributed by atoms with Gasteiger partial charge in [0.15, 0.2) is 0 Å². The minimum atomic E-state index is -0.695. The molecule has 0 aromatic heterocycles. The van der Waals surface area contributed by atoms with Gasteiger partial charge >= 0.3 is 0 Å². The SMILES string of the molecule is [2H]c1c([2H])c([2H])c(N(c2ccc(C3(c4ccccc4)c4ccccc4-c4ccc5ccccc5c43)cc2)c2ccc(C3(c4ccccc4)c4ccccc4-c4ccc5ccccc5c43)cc2)c([2H])c1[2H]. The van der Waals surface area contributed by atoms with Gasteiger partial charge in [-0.05, 0) is 125 Å². The number of fused-ring (bicyclic) bond motifs is 10. The molecule has 0 heterocycles. The minimum absolute atomic E-state index is 0.0761. The molecule has 11 aromatic carbocycles. The van der Waals surface area contributed by atoms with Crippen molar-refractivity contribution in [3.63, 3.8) is 0 Å². The van der Waals surface area contributed by atoms with Crippen molar-refractivity contribution >= 4 is 38.6 Å². The molecule has 65 heavy (non-hydrogen) atoms. The molecule has 0 aliphatic heterocycles. The van der Waals surface area contributed by atoms with Crippen molar-refractivity contribution in [2.45, 2.75) is 10.8 Å². The molecule has 2 atom stereocenters. The first-order chi connectivity index (χ1) is 34.3. The lowest BCUT2D eigenvalue weighted by atomic mass is 9.66. The van der Waals surface area contributed by atoms with Crippen molar-refractivity contribution in [3.8, 4) is 22.3 Å². The van der Waals surface area contributed by atoms with Crippen LogP contribution in [0.1, 0.15) is 51.4 Å². The Morgan fingerprint density at radius 3 is 1.14 bits per heavy atom. The summed E-state index contributed by atoms with van der Waals surface area (Å²) in [5.74, 6) is 0. The van der Waals surface area contributed by atoms with Crippen LogP contribution in [0.15, 0.2) is 261 Å². The molecule has 1 heteroatoms. The van der Waals surface area contributed by atoms with Crippen molar-refractivity contribution in [3.05, 3.63) is 305 Å². The molecule has 1 nitrogen and oxygen atoms in total. The Labute approximate surface area is 387 Å². The minimum Gasteiger partial charge on any atom is -0.311 e. The molecule has 0 amide bonds. The number of nitrogens with zero attached hydrogens (tertiary/aromatic N) is 1. The van der Waals surface area contributed by atoms with Crippen LogP contribution in [0.25, 0.3) is 43.8 Å². The molecule has 304 valence electrons. The van der Waals surface area contributed by atoms with Gasteiger partial charge < -0.3 is 4.90 Å². The summed E-state index contributed by atoms with van der Waals surface area (Å²) in [6.45, 7) is 0. The normalized spacial score (nSPS) is 17.8. The molecule has 0 spiro atoms. The molecule has 2 aliphatic rings. The fraction of sp³-hybridized carbons (Fsp3) is 0.0312. The summed E-state index contributed by atoms with van der Waals surface area (Å²) >= 11 is 0. The second-order valence-electron chi connectivity index (χ2n) is 17.1. The first-order valence-electron chi connectivity index (χ1n) is 24.8. The Bertz CT molecular complexity index is 3640. The lowest BCUT2D eigenvalue weighted by Crippen LogP contribution is -2.29. The number of hydrogen-bond acceptors (Lipinski definition) is 1. The molecule has 0 radical (unpaired) electrons. The van der Waals surface area contributed by atoms with Crippen LogP contribution in [-0.4, -0.2) is 0 Å². The van der Waals surface area contributed by atoms with E-state index in [4.69, 9.17) is 4.11 Å². The van der Waals surface area contributed by atoms with E-state index in [0.29, 0.717) is 11.4 Å². The molecule has 0 bridgehead atoms. The first kappa shape index (κ1) is 32.4. The third kappa shape index (κ3) is 5.33. The molecule has 0 saturated heterocycles. The number of para-hydroxylation sites is 1. The summed E-state index contributed by atoms with van der Waals surface area (Å²) in [5, 5.41) is 4.68. The van der Waals surface area contributed by atoms with E-state index in [1.54, 1.807) is 0 Å². The van der Waals surface area contributed by atoms with E-state index in [1.165, 1.54) is 55.3 Å². The second-order valence-corrected chi connectivity index (χ2v) is 17.1. The summed E-state index contributed by atoms with van der Waals surface area (Å²) in [6.07, 6.45) is 0. The molecule has 11 aromatic rings. The smallest absolute Gasteiger partial charge is 0.0719 e. The van der Waals surface area contributed by atoms with Gasteiger partial charge in [-0.3, -0.25) is 0 Å². The van der Waals surface area contributed by atoms with E-state index in [1.807, 2.05) is 29.2 Å². The summed E-state index contributed by atoms with van der Waals surface area (Å²) in [7, 11) is 0. The van der Waals surface area contributed by atoms with Gasteiger partial charge in [-0.15, -0.1) is 0 Å². The van der Waals surface area contributed by atoms with Gasteiger partial charge in [0, 0.05) is 17.1 Å². The van der Waals surface area contributed by atoms with Gasteiger partial charge in [-0.1, -0.05) is 224 Å². The predicted octanol–water partition coefficient (Wildman–Crippen LogP) is 16.2. The largest absolute Gasteiger partial charge is 0.311 e. The third-order valence-electron chi connectivity index (χ3n) is 14.1. The Hall–Kier alpha value is -8.26. The fourth-order valence-corrected chi connectivity index (χ4v) is 11.6. The molecular weight excluding hydrogens is 783 g/mol. The molecule has 0 saturated carbocycles. The van der Waals surface area contributed by atoms with E-state index in [9.17, 15) is 2.74 Å². The van der Waals surface area contributed by atoms with Crippen LogP contribution in [0.2, 0.25) is 0 Å². The van der Waals surface area contributed by atoms with Gasteiger partial charge in [0.1, 0.15) is 0 Å². The van der Waals surface area contributed by atoms with Crippen molar-refractivity contribution in [2.24, 2.45) is 0 Å². The van der Waals surface area contributed by atoms with E-state index in [2.05, 4.69) is 206 Å². The molecular formula is C64H43N. The maximum atomic E-state index is 9.37. The van der Waals surface area contributed by atoms with Crippen LogP contribution in [0.4, 0.5) is 17.1 Å². The first-order valence-corrected chi connectivity index (χ1v) is 22.3. The summed E-state index contributed by atoms with van der Waals surface area (Å²) < 4.78 is 45.1. The summed E-state index contributed by atoms with van der Waals surface area (Å²) in [5.41, 5.74) is 14.0. The zero-order valence-corrected chi connectivity index (χ0v) is 35.4. The van der Waals surface area contributed by atoms with Crippen molar-refractivity contribution in [1.29, 1.82) is 0 Å². The highest BCUT2D eigenvalue weighted by molar-refractivity contribution is 6.02. The Kier molecular flexibility index (Phi) is 7.31. The highest BCUT2D eigenvalue weighted by Crippen LogP contribution is 2.60. The number of hydrogen-bond donors (Lipinski definition) is 0. The molecule has 0 N–H and O–H groups in total. The van der Waals surface area contributed by atoms with Crippen molar-refractivity contribution in [2.75, 3.05) is 4.90 Å². The maximum Gasteiger partial charge on any atom is 0.0719 e. The third-order valence-corrected chi connectivity index (χ3v) is 14.1. The van der Waals surface area contributed by atoms with Crippen LogP contribution in [0.3, 0.4) is 0 Å². The van der Waals surface area contributed by atoms with Gasteiger partial charge in [0.05, 0.1) is 17.7 Å². The van der Waals surface area contributed by atoms with Crippen LogP contribution in [0.5, 0.6) is 0 Å². The topological polar surface area (TPSA) is 3.24 Å². The van der Waals surface area contributed by atoms with Crippen LogP contribution in [-0.2, 0) is 10.8 Å². The van der Waals surface area contributed by atoms with Gasteiger partial charge in [0.2, 0.25) is 0 Å². The average Bonchev–Trinajstić information content (AvgIpc) is 3.91. The monoisotopic (exact) mass is 830 g/mol. The van der Waals surface area contributed by atoms with Crippen LogP contribution in [0, 0.1) is 0 Å². The Morgan fingerprint density at radius 1 is 0.292 bits per heavy atom. The van der Waals surface area contributed by atoms with Crippen LogP contribution >= 0.6 is 0 Å². The van der Waals surface area contributed by atoms with E-state index >= 15 is 0 Å². The molecule has 2 unspecified atom stereocenters. The van der Waals surface area contributed by atoms with Gasteiger partial charge in [-0.2, -0.15) is 0 Å². The Morgan fingerprint density at radius 2 is 0.677 bits per heavy atom. The maximum absolute atomic E-state index is 9.37. The van der Waals surface area contributed by atoms with E-state index in [-0.39, 0.29) is 17.8 Å². The van der Waals surface area contributed by atoms with Crippen LogP contribution < -0.4 is 4.90 Å². The Balaban J connectivity index is 1.04.